The third-order valence-electron chi connectivity index (χ3n) is 6.89. The second-order valence-corrected chi connectivity index (χ2v) is 8.44. The normalized spacial score (nSPS) is 29.5. The third kappa shape index (κ3) is 1.88. The van der Waals surface area contributed by atoms with Crippen LogP contribution in [0, 0.1) is 5.92 Å². The van der Waals surface area contributed by atoms with Crippen molar-refractivity contribution < 1.29 is 19.1 Å². The number of rotatable bonds is 1. The Morgan fingerprint density at radius 2 is 1.90 bits per heavy atom. The number of para-hydroxylation sites is 1. The highest BCUT2D eigenvalue weighted by atomic mass is 35.5. The number of ether oxygens (including phenoxy) is 1. The average Bonchev–Trinajstić information content (AvgIpc) is 3.27. The van der Waals surface area contributed by atoms with Crippen molar-refractivity contribution in [3.8, 4) is 0 Å². The van der Waals surface area contributed by atoms with Gasteiger partial charge >= 0.3 is 5.97 Å². The van der Waals surface area contributed by atoms with Gasteiger partial charge in [0, 0.05) is 35.6 Å². The third-order valence-corrected chi connectivity index (χ3v) is 7.12. The minimum Gasteiger partial charge on any atom is -0.469 e. The van der Waals surface area contributed by atoms with E-state index in [4.69, 9.17) is 16.3 Å². The molecule has 0 saturated carbocycles. The van der Waals surface area contributed by atoms with E-state index in [-0.39, 0.29) is 18.4 Å². The lowest BCUT2D eigenvalue weighted by molar-refractivity contribution is -0.151. The van der Waals surface area contributed by atoms with Crippen molar-refractivity contribution in [1.82, 2.24) is 4.90 Å². The lowest BCUT2D eigenvalue weighted by Gasteiger charge is -2.42. The molecule has 2 aromatic carbocycles. The first kappa shape index (κ1) is 19.1. The molecule has 0 unspecified atom stereocenters. The summed E-state index contributed by atoms with van der Waals surface area (Å²) in [6.45, 7) is 0.181. The predicted molar refractivity (Wildman–Crippen MR) is 111 cm³/mol. The molecule has 0 aliphatic carbocycles. The van der Waals surface area contributed by atoms with Crippen LogP contribution in [0.3, 0.4) is 0 Å². The molecule has 0 bridgehead atoms. The molecule has 2 amide bonds. The van der Waals surface area contributed by atoms with E-state index in [1.807, 2.05) is 18.2 Å². The van der Waals surface area contributed by atoms with Gasteiger partial charge in [-0.15, -0.1) is 0 Å². The molecule has 1 N–H and O–H groups in total. The van der Waals surface area contributed by atoms with Crippen LogP contribution in [0.5, 0.6) is 0 Å². The van der Waals surface area contributed by atoms with Crippen LogP contribution in [0.1, 0.15) is 11.1 Å². The molecule has 1 saturated heterocycles. The Balaban J connectivity index is 1.95. The van der Waals surface area contributed by atoms with E-state index in [9.17, 15) is 14.4 Å². The van der Waals surface area contributed by atoms with Crippen molar-refractivity contribution >= 4 is 40.8 Å². The second kappa shape index (κ2) is 6.06. The molecule has 1 fully saturated rings. The van der Waals surface area contributed by atoms with E-state index in [0.29, 0.717) is 27.5 Å². The highest BCUT2D eigenvalue weighted by Gasteiger charge is 2.78. The van der Waals surface area contributed by atoms with Crippen molar-refractivity contribution in [3.05, 3.63) is 58.6 Å². The van der Waals surface area contributed by atoms with Crippen molar-refractivity contribution in [3.63, 3.8) is 0 Å². The zero-order valence-electron chi connectivity index (χ0n) is 16.7. The molecule has 2 spiro atoms. The number of carbonyl (C=O) groups excluding carboxylic acids is 3. The second-order valence-electron chi connectivity index (χ2n) is 8.00. The van der Waals surface area contributed by atoms with Crippen LogP contribution >= 0.6 is 11.6 Å². The van der Waals surface area contributed by atoms with E-state index in [2.05, 4.69) is 5.32 Å². The maximum Gasteiger partial charge on any atom is 0.311 e. The quantitative estimate of drug-likeness (QED) is 0.708. The monoisotopic (exact) mass is 425 g/mol. The summed E-state index contributed by atoms with van der Waals surface area (Å²) in [4.78, 5) is 44.1. The Hall–Kier alpha value is -2.90. The number of hydrogen-bond acceptors (Lipinski definition) is 5. The van der Waals surface area contributed by atoms with Crippen LogP contribution in [0.25, 0.3) is 0 Å². The Bertz CT molecular complexity index is 1140. The molecule has 8 heteroatoms. The van der Waals surface area contributed by atoms with Gasteiger partial charge in [-0.1, -0.05) is 29.8 Å². The van der Waals surface area contributed by atoms with Crippen molar-refractivity contribution in [2.75, 3.05) is 38.0 Å². The molecule has 3 heterocycles. The highest BCUT2D eigenvalue weighted by molar-refractivity contribution is 6.31. The number of nitrogens with one attached hydrogen (secondary N) is 1. The van der Waals surface area contributed by atoms with E-state index in [1.54, 1.807) is 43.3 Å². The lowest BCUT2D eigenvalue weighted by atomic mass is 9.59. The molecule has 5 rings (SSSR count). The van der Waals surface area contributed by atoms with E-state index in [1.165, 1.54) is 12.0 Å². The average molecular weight is 426 g/mol. The number of methoxy groups -OCH3 is 1. The van der Waals surface area contributed by atoms with Gasteiger partial charge in [-0.2, -0.15) is 0 Å². The van der Waals surface area contributed by atoms with E-state index >= 15 is 0 Å². The molecular formula is C22H20ClN3O4. The summed E-state index contributed by atoms with van der Waals surface area (Å²) < 4.78 is 5.12. The number of nitrogens with zero attached hydrogens (tertiary/aromatic N) is 2. The van der Waals surface area contributed by atoms with Crippen LogP contribution in [-0.4, -0.2) is 50.4 Å². The SMILES string of the molecule is COC(=O)[C@H]1CN(C)[C@@]2(C(=O)Nc3ccccc32)[C@]12C(=O)N(C)c1ccc(Cl)cc12. The zero-order chi connectivity index (χ0) is 21.4. The molecule has 30 heavy (non-hydrogen) atoms. The Labute approximate surface area is 178 Å². The Morgan fingerprint density at radius 3 is 2.63 bits per heavy atom. The molecule has 3 aliphatic rings. The number of likely N-dealkylation sites (tertiary alicyclic amines) is 1. The minimum atomic E-state index is -1.51. The number of hydrogen-bond donors (Lipinski definition) is 1. The van der Waals surface area contributed by atoms with Crippen LogP contribution in [-0.2, 0) is 30.1 Å². The number of carbonyl (C=O) groups is 3. The van der Waals surface area contributed by atoms with Gasteiger partial charge in [-0.05, 0) is 36.9 Å². The maximum atomic E-state index is 14.1. The van der Waals surface area contributed by atoms with Gasteiger partial charge in [0.2, 0.25) is 5.91 Å². The minimum absolute atomic E-state index is 0.181. The van der Waals surface area contributed by atoms with Gasteiger partial charge in [0.25, 0.3) is 5.91 Å². The zero-order valence-corrected chi connectivity index (χ0v) is 17.5. The van der Waals surface area contributed by atoms with Gasteiger partial charge in [0.15, 0.2) is 0 Å². The fourth-order valence-electron chi connectivity index (χ4n) is 5.80. The molecule has 2 aromatic rings. The highest BCUT2D eigenvalue weighted by Crippen LogP contribution is 2.64. The summed E-state index contributed by atoms with van der Waals surface area (Å²) >= 11 is 6.35. The van der Waals surface area contributed by atoms with Gasteiger partial charge < -0.3 is 15.0 Å². The number of likely N-dealkylation sites (N-methyl/N-ethyl adjacent to an activating group) is 2. The summed E-state index contributed by atoms with van der Waals surface area (Å²) in [5, 5.41) is 3.36. The maximum absolute atomic E-state index is 14.1. The van der Waals surface area contributed by atoms with Crippen LogP contribution < -0.4 is 10.2 Å². The van der Waals surface area contributed by atoms with Gasteiger partial charge in [-0.3, -0.25) is 19.3 Å². The number of esters is 1. The first-order chi connectivity index (χ1) is 14.3. The number of halogens is 1. The molecule has 154 valence electrons. The largest absolute Gasteiger partial charge is 0.469 e. The summed E-state index contributed by atoms with van der Waals surface area (Å²) in [5.74, 6) is -2.09. The summed E-state index contributed by atoms with van der Waals surface area (Å²) in [5.41, 5.74) is -0.438. The number of anilines is 2. The first-order valence-electron chi connectivity index (χ1n) is 9.60. The molecule has 3 atom stereocenters. The van der Waals surface area contributed by atoms with Crippen LogP contribution in [0.4, 0.5) is 11.4 Å². The summed E-state index contributed by atoms with van der Waals surface area (Å²) in [6, 6.07) is 12.4. The van der Waals surface area contributed by atoms with E-state index in [0.717, 1.165) is 0 Å². The van der Waals surface area contributed by atoms with E-state index < -0.39 is 22.8 Å². The van der Waals surface area contributed by atoms with Crippen LogP contribution in [0.15, 0.2) is 42.5 Å². The molecule has 0 aromatic heterocycles. The number of fused-ring (bicyclic) bond motifs is 5. The van der Waals surface area contributed by atoms with Crippen molar-refractivity contribution in [2.45, 2.75) is 11.0 Å². The fraction of sp³-hybridized carbons (Fsp3) is 0.318. The predicted octanol–water partition coefficient (Wildman–Crippen LogP) is 2.14. The lowest BCUT2D eigenvalue weighted by Crippen LogP contribution is -2.62. The first-order valence-corrected chi connectivity index (χ1v) is 9.97. The topological polar surface area (TPSA) is 79.0 Å². The number of amides is 2. The van der Waals surface area contributed by atoms with Crippen molar-refractivity contribution in [2.24, 2.45) is 5.92 Å². The molecule has 0 radical (unpaired) electrons. The van der Waals surface area contributed by atoms with Gasteiger partial charge in [-0.25, -0.2) is 0 Å². The molecular weight excluding hydrogens is 406 g/mol. The fourth-order valence-corrected chi connectivity index (χ4v) is 5.97. The van der Waals surface area contributed by atoms with Gasteiger partial charge in [0.05, 0.1) is 13.0 Å². The smallest absolute Gasteiger partial charge is 0.311 e. The molecule has 7 nitrogen and oxygen atoms in total. The standard InChI is InChI=1S/C22H20ClN3O4/c1-25-11-15(18(27)30-3)21(14-10-12(23)8-9-17(14)26(2)20(21)29)22(25)13-6-4-5-7-16(13)24-19(22)28/h4-10,15H,11H2,1-3H3,(H,24,28)/t15-,21+,22+/m1/s1. The summed E-state index contributed by atoms with van der Waals surface area (Å²) in [7, 11) is 4.72. The summed E-state index contributed by atoms with van der Waals surface area (Å²) in [6.07, 6.45) is 0. The Kier molecular flexibility index (Phi) is 3.85. The van der Waals surface area contributed by atoms with Crippen molar-refractivity contribution in [1.29, 1.82) is 0 Å². The van der Waals surface area contributed by atoms with Gasteiger partial charge in [0.1, 0.15) is 11.0 Å². The molecule has 3 aliphatic heterocycles. The number of benzene rings is 2. The van der Waals surface area contributed by atoms with Crippen LogP contribution in [0.2, 0.25) is 5.02 Å². The Morgan fingerprint density at radius 1 is 1.17 bits per heavy atom.